The lowest BCUT2D eigenvalue weighted by molar-refractivity contribution is -0.384. The fraction of sp³-hybridized carbons (Fsp3) is 0.263. The lowest BCUT2D eigenvalue weighted by atomic mass is 10.1. The molecule has 9 heteroatoms. The molecular formula is C19H18FN3O5. The van der Waals surface area contributed by atoms with Crippen LogP contribution in [0, 0.1) is 15.9 Å². The Bertz CT molecular complexity index is 912. The highest BCUT2D eigenvalue weighted by Crippen LogP contribution is 2.29. The monoisotopic (exact) mass is 387 g/mol. The van der Waals surface area contributed by atoms with Crippen molar-refractivity contribution in [3.05, 3.63) is 64.0 Å². The summed E-state index contributed by atoms with van der Waals surface area (Å²) in [5.74, 6) is -1.99. The number of hydrogen-bond donors (Lipinski definition) is 1. The largest absolute Gasteiger partial charge is 0.452 e. The molecule has 0 aromatic heterocycles. The number of rotatable bonds is 6. The maximum atomic E-state index is 13.2. The second-order valence-electron chi connectivity index (χ2n) is 6.29. The maximum Gasteiger partial charge on any atom is 0.341 e. The Balaban J connectivity index is 1.71. The Morgan fingerprint density at radius 2 is 1.93 bits per heavy atom. The first kappa shape index (κ1) is 19.3. The third-order valence-electron chi connectivity index (χ3n) is 4.30. The van der Waals surface area contributed by atoms with Gasteiger partial charge in [-0.05, 0) is 37.1 Å². The van der Waals surface area contributed by atoms with E-state index in [2.05, 4.69) is 5.32 Å². The standard InChI is InChI=1S/C19H18FN3O5/c20-13-4-3-5-14(10-13)21-18(24)12-28-19(25)16-11-15(23(26)27)6-7-17(16)22-8-1-2-9-22/h3-7,10-11H,1-2,8-9,12H2,(H,21,24). The fourth-order valence-electron chi connectivity index (χ4n) is 3.01. The number of ether oxygens (including phenoxy) is 1. The minimum Gasteiger partial charge on any atom is -0.452 e. The van der Waals surface area contributed by atoms with Gasteiger partial charge < -0.3 is 15.0 Å². The molecule has 1 amide bonds. The first-order chi connectivity index (χ1) is 13.4. The van der Waals surface area contributed by atoms with Gasteiger partial charge in [-0.1, -0.05) is 6.07 Å². The number of nitro benzene ring substituents is 1. The molecule has 2 aromatic rings. The van der Waals surface area contributed by atoms with E-state index in [4.69, 9.17) is 4.74 Å². The Morgan fingerprint density at radius 3 is 2.61 bits per heavy atom. The number of amides is 1. The zero-order valence-corrected chi connectivity index (χ0v) is 14.9. The van der Waals surface area contributed by atoms with Gasteiger partial charge in [-0.25, -0.2) is 9.18 Å². The summed E-state index contributed by atoms with van der Waals surface area (Å²) in [6.07, 6.45) is 1.92. The highest BCUT2D eigenvalue weighted by Gasteiger charge is 2.24. The predicted molar refractivity (Wildman–Crippen MR) is 99.9 cm³/mol. The van der Waals surface area contributed by atoms with Crippen molar-refractivity contribution in [2.75, 3.05) is 29.9 Å². The van der Waals surface area contributed by atoms with Crippen LogP contribution in [-0.4, -0.2) is 36.5 Å². The molecule has 0 aliphatic carbocycles. The van der Waals surface area contributed by atoms with Gasteiger partial charge >= 0.3 is 5.97 Å². The number of nitrogens with zero attached hydrogens (tertiary/aromatic N) is 2. The van der Waals surface area contributed by atoms with E-state index < -0.39 is 29.2 Å². The number of non-ortho nitro benzene ring substituents is 1. The van der Waals surface area contributed by atoms with Crippen molar-refractivity contribution in [2.45, 2.75) is 12.8 Å². The topological polar surface area (TPSA) is 102 Å². The van der Waals surface area contributed by atoms with Crippen molar-refractivity contribution >= 4 is 28.9 Å². The Hall–Kier alpha value is -3.49. The number of benzene rings is 2. The SMILES string of the molecule is O=C(COC(=O)c1cc([N+](=O)[O-])ccc1N1CCCC1)Nc1cccc(F)c1. The van der Waals surface area contributed by atoms with Crippen LogP contribution >= 0.6 is 0 Å². The molecule has 1 heterocycles. The number of anilines is 2. The van der Waals surface area contributed by atoms with Gasteiger partial charge in [0, 0.05) is 30.9 Å². The second-order valence-corrected chi connectivity index (χ2v) is 6.29. The zero-order valence-electron chi connectivity index (χ0n) is 14.9. The van der Waals surface area contributed by atoms with Gasteiger partial charge in [-0.3, -0.25) is 14.9 Å². The smallest absolute Gasteiger partial charge is 0.341 e. The molecule has 0 spiro atoms. The molecule has 1 N–H and O–H groups in total. The van der Waals surface area contributed by atoms with Crippen molar-refractivity contribution in [2.24, 2.45) is 0 Å². The molecule has 1 aliphatic heterocycles. The zero-order chi connectivity index (χ0) is 20.1. The molecule has 3 rings (SSSR count). The van der Waals surface area contributed by atoms with Gasteiger partial charge in [0.05, 0.1) is 16.2 Å². The van der Waals surface area contributed by atoms with E-state index in [1.165, 1.54) is 30.3 Å². The summed E-state index contributed by atoms with van der Waals surface area (Å²) in [4.78, 5) is 36.8. The first-order valence-electron chi connectivity index (χ1n) is 8.70. The Morgan fingerprint density at radius 1 is 1.18 bits per heavy atom. The molecule has 1 saturated heterocycles. The number of carbonyl (C=O) groups is 2. The highest BCUT2D eigenvalue weighted by atomic mass is 19.1. The van der Waals surface area contributed by atoms with E-state index in [0.717, 1.165) is 38.1 Å². The van der Waals surface area contributed by atoms with Gasteiger partial charge in [0.15, 0.2) is 6.61 Å². The minimum absolute atomic E-state index is 0.0367. The average molecular weight is 387 g/mol. The lowest BCUT2D eigenvalue weighted by Gasteiger charge is -2.20. The molecule has 0 bridgehead atoms. The van der Waals surface area contributed by atoms with E-state index in [-0.39, 0.29) is 16.9 Å². The average Bonchev–Trinajstić information content (AvgIpc) is 3.20. The highest BCUT2D eigenvalue weighted by molar-refractivity contribution is 5.99. The third kappa shape index (κ3) is 4.61. The lowest BCUT2D eigenvalue weighted by Crippen LogP contribution is -2.24. The van der Waals surface area contributed by atoms with E-state index in [0.29, 0.717) is 5.69 Å². The van der Waals surface area contributed by atoms with Crippen LogP contribution in [0.3, 0.4) is 0 Å². The number of nitrogens with one attached hydrogen (secondary N) is 1. The van der Waals surface area contributed by atoms with Crippen molar-refractivity contribution in [1.29, 1.82) is 0 Å². The molecule has 28 heavy (non-hydrogen) atoms. The molecule has 146 valence electrons. The summed E-state index contributed by atoms with van der Waals surface area (Å²) < 4.78 is 18.2. The summed E-state index contributed by atoms with van der Waals surface area (Å²) >= 11 is 0. The van der Waals surface area contributed by atoms with Crippen LogP contribution in [0.4, 0.5) is 21.5 Å². The molecular weight excluding hydrogens is 369 g/mol. The van der Waals surface area contributed by atoms with Crippen LogP contribution in [0.2, 0.25) is 0 Å². The first-order valence-corrected chi connectivity index (χ1v) is 8.70. The predicted octanol–water partition coefficient (Wildman–Crippen LogP) is 3.13. The van der Waals surface area contributed by atoms with Crippen LogP contribution in [0.25, 0.3) is 0 Å². The van der Waals surface area contributed by atoms with Gasteiger partial charge in [0.1, 0.15) is 5.82 Å². The molecule has 0 saturated carbocycles. The molecule has 1 aliphatic rings. The van der Waals surface area contributed by atoms with Crippen LogP contribution in [-0.2, 0) is 9.53 Å². The van der Waals surface area contributed by atoms with Gasteiger partial charge in [0.25, 0.3) is 11.6 Å². The maximum absolute atomic E-state index is 13.2. The fourth-order valence-corrected chi connectivity index (χ4v) is 3.01. The second kappa shape index (κ2) is 8.47. The van der Waals surface area contributed by atoms with Crippen LogP contribution in [0.1, 0.15) is 23.2 Å². The number of carbonyl (C=O) groups excluding carboxylic acids is 2. The van der Waals surface area contributed by atoms with E-state index in [9.17, 15) is 24.1 Å². The summed E-state index contributed by atoms with van der Waals surface area (Å²) in [7, 11) is 0. The molecule has 1 fully saturated rings. The minimum atomic E-state index is -0.833. The van der Waals surface area contributed by atoms with Gasteiger partial charge in [-0.2, -0.15) is 0 Å². The van der Waals surface area contributed by atoms with Crippen LogP contribution in [0.5, 0.6) is 0 Å². The summed E-state index contributed by atoms with van der Waals surface area (Å²) in [5, 5.41) is 13.5. The third-order valence-corrected chi connectivity index (χ3v) is 4.30. The summed E-state index contributed by atoms with van der Waals surface area (Å²) in [5.41, 5.74) is 0.571. The van der Waals surface area contributed by atoms with Crippen molar-refractivity contribution < 1.29 is 23.6 Å². The van der Waals surface area contributed by atoms with E-state index in [1.54, 1.807) is 0 Å². The van der Waals surface area contributed by atoms with Gasteiger partial charge in [-0.15, -0.1) is 0 Å². The molecule has 8 nitrogen and oxygen atoms in total. The van der Waals surface area contributed by atoms with Gasteiger partial charge in [0.2, 0.25) is 0 Å². The van der Waals surface area contributed by atoms with E-state index >= 15 is 0 Å². The van der Waals surface area contributed by atoms with Crippen molar-refractivity contribution in [1.82, 2.24) is 0 Å². The molecule has 2 aromatic carbocycles. The summed E-state index contributed by atoms with van der Waals surface area (Å²) in [6, 6.07) is 9.30. The quantitative estimate of drug-likeness (QED) is 0.464. The van der Waals surface area contributed by atoms with E-state index in [1.807, 2.05) is 4.90 Å². The number of esters is 1. The van der Waals surface area contributed by atoms with Crippen molar-refractivity contribution in [3.63, 3.8) is 0 Å². The Kier molecular flexibility index (Phi) is 5.83. The summed E-state index contributed by atoms with van der Waals surface area (Å²) in [6.45, 7) is 0.869. The molecule has 0 radical (unpaired) electrons. The number of hydrogen-bond acceptors (Lipinski definition) is 6. The normalized spacial score (nSPS) is 13.2. The number of halogens is 1. The number of nitro groups is 1. The van der Waals surface area contributed by atoms with Crippen molar-refractivity contribution in [3.8, 4) is 0 Å². The van der Waals surface area contributed by atoms with Crippen LogP contribution < -0.4 is 10.2 Å². The Labute approximate surface area is 160 Å². The molecule has 0 unspecified atom stereocenters. The molecule has 0 atom stereocenters. The van der Waals surface area contributed by atoms with Crippen LogP contribution in [0.15, 0.2) is 42.5 Å².